The summed E-state index contributed by atoms with van der Waals surface area (Å²) in [6.45, 7) is 3.31. The molecule has 0 radical (unpaired) electrons. The highest BCUT2D eigenvalue weighted by Gasteiger charge is 2.36. The van der Waals surface area contributed by atoms with Gasteiger partial charge in [-0.3, -0.25) is 9.69 Å². The summed E-state index contributed by atoms with van der Waals surface area (Å²) in [6.07, 6.45) is 6.32. The number of ether oxygens (including phenoxy) is 1. The van der Waals surface area contributed by atoms with Crippen LogP contribution in [0, 0.1) is 11.8 Å². The summed E-state index contributed by atoms with van der Waals surface area (Å²) in [5.41, 5.74) is 0. The van der Waals surface area contributed by atoms with Gasteiger partial charge in [-0.05, 0) is 38.0 Å². The van der Waals surface area contributed by atoms with Gasteiger partial charge in [-0.1, -0.05) is 0 Å². The Hall–Kier alpha value is -0.410. The van der Waals surface area contributed by atoms with Crippen molar-refractivity contribution in [1.82, 2.24) is 4.90 Å². The zero-order valence-corrected chi connectivity index (χ0v) is 9.86. The van der Waals surface area contributed by atoms with Crippen LogP contribution in [0.25, 0.3) is 0 Å². The molecular weight excluding hydrogens is 202 g/mol. The molecule has 0 spiro atoms. The van der Waals surface area contributed by atoms with Gasteiger partial charge in [0, 0.05) is 25.1 Å². The largest absolute Gasteiger partial charge is 0.381 e. The fraction of sp³-hybridized carbons (Fsp3) is 0.923. The van der Waals surface area contributed by atoms with Crippen molar-refractivity contribution in [3.63, 3.8) is 0 Å². The molecule has 0 N–H and O–H groups in total. The second-order valence-electron chi connectivity index (χ2n) is 5.63. The zero-order valence-electron chi connectivity index (χ0n) is 9.86. The molecule has 2 aliphatic carbocycles. The maximum absolute atomic E-state index is 12.1. The van der Waals surface area contributed by atoms with E-state index in [2.05, 4.69) is 4.90 Å². The highest BCUT2D eigenvalue weighted by Crippen LogP contribution is 2.34. The summed E-state index contributed by atoms with van der Waals surface area (Å²) < 4.78 is 5.29. The van der Waals surface area contributed by atoms with E-state index in [0.717, 1.165) is 25.0 Å². The van der Waals surface area contributed by atoms with Crippen LogP contribution >= 0.6 is 0 Å². The van der Waals surface area contributed by atoms with Crippen molar-refractivity contribution in [2.75, 3.05) is 26.3 Å². The molecule has 2 saturated carbocycles. The highest BCUT2D eigenvalue weighted by atomic mass is 16.5. The summed E-state index contributed by atoms with van der Waals surface area (Å²) in [6, 6.07) is 0.729. The first-order valence-corrected chi connectivity index (χ1v) is 6.67. The summed E-state index contributed by atoms with van der Waals surface area (Å²) in [5.74, 6) is 1.51. The molecule has 3 rings (SSSR count). The van der Waals surface area contributed by atoms with E-state index in [1.54, 1.807) is 0 Å². The number of Topliss-reactive ketones (excluding diaryl/α,β-unsaturated/α-hetero) is 1. The van der Waals surface area contributed by atoms with E-state index in [4.69, 9.17) is 4.74 Å². The molecule has 3 fully saturated rings. The van der Waals surface area contributed by atoms with Crippen LogP contribution < -0.4 is 0 Å². The van der Waals surface area contributed by atoms with Crippen LogP contribution in [0.3, 0.4) is 0 Å². The maximum Gasteiger partial charge on any atom is 0.152 e. The molecule has 1 heterocycles. The average Bonchev–Trinajstić information content (AvgIpc) is 3.18. The molecule has 3 aliphatic rings. The third-order valence-electron chi connectivity index (χ3n) is 4.00. The quantitative estimate of drug-likeness (QED) is 0.683. The van der Waals surface area contributed by atoms with E-state index in [9.17, 15) is 4.79 Å². The lowest BCUT2D eigenvalue weighted by molar-refractivity contribution is -0.124. The SMILES string of the molecule is O=C(CN(CC1CC1)C1CC1)C1CCOC1. The van der Waals surface area contributed by atoms with Gasteiger partial charge in [-0.2, -0.15) is 0 Å². The normalized spacial score (nSPS) is 29.9. The molecule has 1 aliphatic heterocycles. The Bertz CT molecular complexity index is 265. The minimum atomic E-state index is 0.195. The third kappa shape index (κ3) is 2.64. The first-order valence-electron chi connectivity index (χ1n) is 6.67. The van der Waals surface area contributed by atoms with Crippen molar-refractivity contribution in [1.29, 1.82) is 0 Å². The lowest BCUT2D eigenvalue weighted by atomic mass is 10.0. The van der Waals surface area contributed by atoms with Crippen LogP contribution in [0.4, 0.5) is 0 Å². The van der Waals surface area contributed by atoms with Gasteiger partial charge in [-0.15, -0.1) is 0 Å². The van der Waals surface area contributed by atoms with Crippen molar-refractivity contribution in [2.24, 2.45) is 11.8 Å². The van der Waals surface area contributed by atoms with Gasteiger partial charge in [-0.25, -0.2) is 0 Å². The molecule has 3 nitrogen and oxygen atoms in total. The van der Waals surface area contributed by atoms with Crippen molar-refractivity contribution >= 4 is 5.78 Å². The molecular formula is C13H21NO2. The Labute approximate surface area is 97.1 Å². The predicted octanol–water partition coefficient (Wildman–Crippen LogP) is 1.47. The molecule has 3 heteroatoms. The summed E-state index contributed by atoms with van der Waals surface area (Å²) >= 11 is 0. The Morgan fingerprint density at radius 3 is 2.56 bits per heavy atom. The zero-order chi connectivity index (χ0) is 11.0. The van der Waals surface area contributed by atoms with E-state index in [1.165, 1.54) is 32.2 Å². The lowest BCUT2D eigenvalue weighted by Crippen LogP contribution is -2.36. The molecule has 0 aromatic carbocycles. The fourth-order valence-electron chi connectivity index (χ4n) is 2.53. The number of hydrogen-bond acceptors (Lipinski definition) is 3. The highest BCUT2D eigenvalue weighted by molar-refractivity contribution is 5.83. The summed E-state index contributed by atoms with van der Waals surface area (Å²) in [5, 5.41) is 0. The average molecular weight is 223 g/mol. The van der Waals surface area contributed by atoms with Gasteiger partial charge < -0.3 is 4.74 Å². The molecule has 0 amide bonds. The van der Waals surface area contributed by atoms with Gasteiger partial charge in [0.1, 0.15) is 0 Å². The number of ketones is 1. The third-order valence-corrected chi connectivity index (χ3v) is 4.00. The second-order valence-corrected chi connectivity index (χ2v) is 5.63. The van der Waals surface area contributed by atoms with Gasteiger partial charge in [0.05, 0.1) is 13.2 Å². The fourth-order valence-corrected chi connectivity index (χ4v) is 2.53. The smallest absolute Gasteiger partial charge is 0.152 e. The standard InChI is InChI=1S/C13H21NO2/c15-13(11-5-6-16-9-11)8-14(12-3-4-12)7-10-1-2-10/h10-12H,1-9H2. The number of nitrogens with zero attached hydrogens (tertiary/aromatic N) is 1. The van der Waals surface area contributed by atoms with Gasteiger partial charge >= 0.3 is 0 Å². The Morgan fingerprint density at radius 2 is 2.00 bits per heavy atom. The maximum atomic E-state index is 12.1. The van der Waals surface area contributed by atoms with E-state index in [-0.39, 0.29) is 5.92 Å². The number of rotatable bonds is 6. The predicted molar refractivity (Wildman–Crippen MR) is 61.3 cm³/mol. The topological polar surface area (TPSA) is 29.5 Å². The van der Waals surface area contributed by atoms with Crippen molar-refractivity contribution in [2.45, 2.75) is 38.1 Å². The minimum Gasteiger partial charge on any atom is -0.381 e. The Kier molecular flexibility index (Phi) is 2.99. The molecule has 1 unspecified atom stereocenters. The molecule has 16 heavy (non-hydrogen) atoms. The van der Waals surface area contributed by atoms with Crippen molar-refractivity contribution in [3.05, 3.63) is 0 Å². The molecule has 0 aromatic rings. The monoisotopic (exact) mass is 223 g/mol. The minimum absolute atomic E-state index is 0.195. The van der Waals surface area contributed by atoms with Crippen LogP contribution in [0.15, 0.2) is 0 Å². The van der Waals surface area contributed by atoms with Gasteiger partial charge in [0.25, 0.3) is 0 Å². The van der Waals surface area contributed by atoms with Crippen molar-refractivity contribution < 1.29 is 9.53 Å². The first kappa shape index (κ1) is 10.7. The Balaban J connectivity index is 1.50. The molecule has 0 bridgehead atoms. The number of carbonyl (C=O) groups is 1. The number of carbonyl (C=O) groups excluding carboxylic acids is 1. The van der Waals surface area contributed by atoms with Crippen LogP contribution in [-0.2, 0) is 9.53 Å². The van der Waals surface area contributed by atoms with E-state index in [1.807, 2.05) is 0 Å². The van der Waals surface area contributed by atoms with E-state index >= 15 is 0 Å². The van der Waals surface area contributed by atoms with Crippen LogP contribution in [-0.4, -0.2) is 43.0 Å². The summed E-state index contributed by atoms with van der Waals surface area (Å²) in [7, 11) is 0. The molecule has 1 saturated heterocycles. The van der Waals surface area contributed by atoms with Crippen LogP contribution in [0.1, 0.15) is 32.1 Å². The summed E-state index contributed by atoms with van der Waals surface area (Å²) in [4.78, 5) is 14.5. The molecule has 0 aromatic heterocycles. The lowest BCUT2D eigenvalue weighted by Gasteiger charge is -2.22. The second kappa shape index (κ2) is 4.46. The van der Waals surface area contributed by atoms with Crippen LogP contribution in [0.2, 0.25) is 0 Å². The van der Waals surface area contributed by atoms with Gasteiger partial charge in [0.15, 0.2) is 5.78 Å². The van der Waals surface area contributed by atoms with Crippen molar-refractivity contribution in [3.8, 4) is 0 Å². The van der Waals surface area contributed by atoms with Gasteiger partial charge in [0.2, 0.25) is 0 Å². The molecule has 1 atom stereocenters. The van der Waals surface area contributed by atoms with E-state index in [0.29, 0.717) is 18.9 Å². The molecule has 90 valence electrons. The Morgan fingerprint density at radius 1 is 1.19 bits per heavy atom. The first-order chi connectivity index (χ1) is 7.83. The van der Waals surface area contributed by atoms with E-state index < -0.39 is 0 Å². The number of hydrogen-bond donors (Lipinski definition) is 0. The van der Waals surface area contributed by atoms with Crippen LogP contribution in [0.5, 0.6) is 0 Å².